The molecule has 0 saturated heterocycles. The van der Waals surface area contributed by atoms with Gasteiger partial charge in [0.15, 0.2) is 0 Å². The highest BCUT2D eigenvalue weighted by Gasteiger charge is 2.46. The lowest BCUT2D eigenvalue weighted by Gasteiger charge is -2.37. The van der Waals surface area contributed by atoms with Gasteiger partial charge in [-0.3, -0.25) is 4.98 Å². The van der Waals surface area contributed by atoms with Crippen LogP contribution in [-0.4, -0.2) is 19.4 Å². The molecule has 0 aliphatic heterocycles. The average Bonchev–Trinajstić information content (AvgIpc) is 3.10. The summed E-state index contributed by atoms with van der Waals surface area (Å²) in [5.41, 5.74) is -2.27. The van der Waals surface area contributed by atoms with Gasteiger partial charge >= 0.3 is 6.18 Å². The molecule has 2 aromatic heterocycles. The Morgan fingerprint density at radius 3 is 2.27 bits per heavy atom. The summed E-state index contributed by atoms with van der Waals surface area (Å²) in [5, 5.41) is 4.12. The van der Waals surface area contributed by atoms with Gasteiger partial charge in [-0.2, -0.15) is 13.2 Å². The Morgan fingerprint density at radius 1 is 1.09 bits per heavy atom. The number of alkyl halides is 3. The number of benzene rings is 1. The molecule has 0 bridgehead atoms. The fourth-order valence-electron chi connectivity index (χ4n) is 3.19. The molecule has 0 amide bonds. The van der Waals surface area contributed by atoms with Crippen molar-refractivity contribution in [2.75, 3.05) is 0 Å². The maximum absolute atomic E-state index is 14.5. The molecule has 0 radical (unpaired) electrons. The zero-order chi connectivity index (χ0) is 24.6. The van der Waals surface area contributed by atoms with Gasteiger partial charge in [0.2, 0.25) is 0 Å². The summed E-state index contributed by atoms with van der Waals surface area (Å²) in [5.74, 6) is -0.823. The summed E-state index contributed by atoms with van der Waals surface area (Å²) >= 11 is 4.18. The van der Waals surface area contributed by atoms with Crippen molar-refractivity contribution in [3.05, 3.63) is 81.7 Å². The number of rotatable bonds is 6. The van der Waals surface area contributed by atoms with Crippen LogP contribution >= 0.6 is 11.6 Å². The third-order valence-electron chi connectivity index (χ3n) is 4.82. The molecule has 2 atom stereocenters. The monoisotopic (exact) mass is 503 g/mol. The molecule has 1 N–H and O–H groups in total. The van der Waals surface area contributed by atoms with Gasteiger partial charge in [0, 0.05) is 30.0 Å². The van der Waals surface area contributed by atoms with Crippen LogP contribution < -0.4 is 4.72 Å². The van der Waals surface area contributed by atoms with Crippen molar-refractivity contribution in [1.29, 1.82) is 0 Å². The van der Waals surface area contributed by atoms with Crippen LogP contribution in [0.5, 0.6) is 0 Å². The van der Waals surface area contributed by atoms with Crippen molar-refractivity contribution in [2.45, 2.75) is 50.6 Å². The average molecular weight is 504 g/mol. The molecule has 0 fully saturated rings. The molecule has 2 heterocycles. The zero-order valence-corrected chi connectivity index (χ0v) is 19.8. The Hall–Kier alpha value is -2.14. The van der Waals surface area contributed by atoms with Crippen LogP contribution in [0.15, 0.2) is 47.1 Å². The number of hydrogen-bond donors (Lipinski definition) is 1. The molecule has 1 unspecified atom stereocenters. The Balaban J connectivity index is 2.32. The highest BCUT2D eigenvalue weighted by Crippen LogP contribution is 2.39. The van der Waals surface area contributed by atoms with Crippen LogP contribution in [0.25, 0.3) is 0 Å². The smallest absolute Gasteiger partial charge is 0.416 e. The topological polar surface area (TPSA) is 74.0 Å². The first-order chi connectivity index (χ1) is 15.2. The van der Waals surface area contributed by atoms with Gasteiger partial charge < -0.3 is 9.08 Å². The molecule has 5 nitrogen and oxygen atoms in total. The van der Waals surface area contributed by atoms with Crippen LogP contribution in [-0.2, 0) is 29.5 Å². The minimum Gasteiger partial charge on any atom is -0.598 e. The van der Waals surface area contributed by atoms with Crippen molar-refractivity contribution >= 4 is 23.0 Å². The molecule has 0 aliphatic rings. The van der Waals surface area contributed by atoms with E-state index in [4.69, 9.17) is 16.1 Å². The Labute approximate surface area is 196 Å². The second-order valence-corrected chi connectivity index (χ2v) is 11.0. The molecule has 11 heteroatoms. The fourth-order valence-corrected chi connectivity index (χ4v) is 4.22. The van der Waals surface area contributed by atoms with Gasteiger partial charge in [0.05, 0.1) is 22.0 Å². The number of nitrogens with zero attached hydrogens (tertiary/aromatic N) is 2. The van der Waals surface area contributed by atoms with Crippen molar-refractivity contribution < 1.29 is 26.6 Å². The quantitative estimate of drug-likeness (QED) is 0.343. The lowest BCUT2D eigenvalue weighted by Crippen LogP contribution is -2.53. The van der Waals surface area contributed by atoms with E-state index in [0.717, 1.165) is 12.1 Å². The molecule has 3 aromatic rings. The van der Waals surface area contributed by atoms with Gasteiger partial charge in [0.25, 0.3) is 0 Å². The largest absolute Gasteiger partial charge is 0.598 e. The first-order valence-electron chi connectivity index (χ1n) is 9.83. The fraction of sp³-hybridized carbons (Fsp3) is 0.364. The molecular weight excluding hydrogens is 482 g/mol. The zero-order valence-electron chi connectivity index (χ0n) is 18.3. The SMILES string of the molecule is Cc1cc(CC(N[S@@+]([O-])C(C)(C)C)(c2cc(F)cc(C(F)(F)F)c2)c2ccc(Cl)cn2)on1. The predicted octanol–water partition coefficient (Wildman–Crippen LogP) is 5.73. The Bertz CT molecular complexity index is 1120. The molecular formula is C22H22ClF4N3O2S. The van der Waals surface area contributed by atoms with E-state index in [9.17, 15) is 22.1 Å². The van der Waals surface area contributed by atoms with E-state index >= 15 is 0 Å². The predicted molar refractivity (Wildman–Crippen MR) is 117 cm³/mol. The van der Waals surface area contributed by atoms with Crippen molar-refractivity contribution in [1.82, 2.24) is 14.9 Å². The second kappa shape index (κ2) is 9.25. The number of hydrogen-bond acceptors (Lipinski definition) is 5. The summed E-state index contributed by atoms with van der Waals surface area (Å²) in [4.78, 5) is 4.29. The third-order valence-corrected chi connectivity index (χ3v) is 6.69. The lowest BCUT2D eigenvalue weighted by molar-refractivity contribution is -0.137. The maximum atomic E-state index is 14.5. The van der Waals surface area contributed by atoms with Gasteiger partial charge in [0.1, 0.15) is 21.9 Å². The number of aromatic nitrogens is 2. The van der Waals surface area contributed by atoms with Crippen LogP contribution in [0.2, 0.25) is 5.02 Å². The molecule has 0 aliphatic carbocycles. The minimum absolute atomic E-state index is 0.128. The summed E-state index contributed by atoms with van der Waals surface area (Å²) in [6, 6.07) is 6.75. The summed E-state index contributed by atoms with van der Waals surface area (Å²) in [6.07, 6.45) is -3.64. The van der Waals surface area contributed by atoms with Gasteiger partial charge in [-0.15, -0.1) is 4.72 Å². The van der Waals surface area contributed by atoms with Crippen molar-refractivity contribution in [3.8, 4) is 0 Å². The first kappa shape index (κ1) is 25.5. The van der Waals surface area contributed by atoms with Crippen LogP contribution in [0.1, 0.15) is 49.0 Å². The molecule has 1 aromatic carbocycles. The molecule has 0 saturated carbocycles. The third kappa shape index (κ3) is 5.87. The van der Waals surface area contributed by atoms with E-state index in [-0.39, 0.29) is 28.5 Å². The number of pyridine rings is 1. The molecule has 178 valence electrons. The molecule has 0 spiro atoms. The number of halogens is 5. The summed E-state index contributed by atoms with van der Waals surface area (Å²) in [7, 11) is 0. The highest BCUT2D eigenvalue weighted by atomic mass is 35.5. The minimum atomic E-state index is -4.80. The van der Waals surface area contributed by atoms with Crippen LogP contribution in [0, 0.1) is 12.7 Å². The van der Waals surface area contributed by atoms with E-state index in [1.54, 1.807) is 33.8 Å². The summed E-state index contributed by atoms with van der Waals surface area (Å²) in [6.45, 7) is 6.77. The standard InChI is InChI=1S/C22H22ClF4N3O2S/c1-13-7-18(32-29-13)11-21(30-33(31)20(2,3)4,19-6-5-16(23)12-28-19)14-8-15(22(25,26)27)10-17(24)9-14/h5-10,12,30H,11H2,1-4H3/t21?,33-/m0/s1. The van der Waals surface area contributed by atoms with E-state index < -0.39 is 39.2 Å². The van der Waals surface area contributed by atoms with E-state index in [1.807, 2.05) is 0 Å². The second-order valence-electron chi connectivity index (χ2n) is 8.59. The number of nitrogens with one attached hydrogen (secondary N) is 1. The summed E-state index contributed by atoms with van der Waals surface area (Å²) < 4.78 is 75.9. The normalized spacial score (nSPS) is 15.3. The Morgan fingerprint density at radius 2 is 1.76 bits per heavy atom. The van der Waals surface area contributed by atoms with E-state index in [0.29, 0.717) is 11.8 Å². The highest BCUT2D eigenvalue weighted by molar-refractivity contribution is 7.90. The van der Waals surface area contributed by atoms with Crippen molar-refractivity contribution in [3.63, 3.8) is 0 Å². The lowest BCUT2D eigenvalue weighted by atomic mass is 9.82. The molecule has 33 heavy (non-hydrogen) atoms. The van der Waals surface area contributed by atoms with Gasteiger partial charge in [-0.25, -0.2) is 4.39 Å². The van der Waals surface area contributed by atoms with Gasteiger partial charge in [-0.1, -0.05) is 16.8 Å². The first-order valence-corrected chi connectivity index (χ1v) is 11.4. The van der Waals surface area contributed by atoms with Crippen molar-refractivity contribution in [2.24, 2.45) is 0 Å². The van der Waals surface area contributed by atoms with Crippen LogP contribution in [0.3, 0.4) is 0 Å². The van der Waals surface area contributed by atoms with Gasteiger partial charge in [-0.05, 0) is 63.6 Å². The number of aryl methyl sites for hydroxylation is 1. The van der Waals surface area contributed by atoms with Crippen LogP contribution in [0.4, 0.5) is 17.6 Å². The van der Waals surface area contributed by atoms with E-state index in [1.165, 1.54) is 18.3 Å². The molecule has 3 rings (SSSR count). The Kier molecular flexibility index (Phi) is 7.14. The van der Waals surface area contributed by atoms with E-state index in [2.05, 4.69) is 14.9 Å². The maximum Gasteiger partial charge on any atom is 0.416 e.